The van der Waals surface area contributed by atoms with Crippen molar-refractivity contribution in [3.63, 3.8) is 0 Å². The molecule has 0 unspecified atom stereocenters. The van der Waals surface area contributed by atoms with Gasteiger partial charge in [-0.3, -0.25) is 0 Å². The molecule has 0 radical (unpaired) electrons. The number of rotatable bonds is 11. The van der Waals surface area contributed by atoms with Crippen molar-refractivity contribution in [2.75, 3.05) is 12.3 Å². The van der Waals surface area contributed by atoms with Gasteiger partial charge in [-0.2, -0.15) is 12.8 Å². The second kappa shape index (κ2) is 19.3. The maximum atomic E-state index is 3.69. The first-order valence-corrected chi connectivity index (χ1v) is 15.9. The molecular weight excluding hydrogens is 665 g/mol. The van der Waals surface area contributed by atoms with Crippen LogP contribution < -0.4 is 21.2 Å². The van der Waals surface area contributed by atoms with E-state index >= 15 is 0 Å². The number of hydrogen-bond acceptors (Lipinski definition) is 0. The number of benzene rings is 4. The van der Waals surface area contributed by atoms with Crippen LogP contribution in [0.5, 0.6) is 0 Å². The number of allylic oxidation sites excluding steroid dienone is 2. The van der Waals surface area contributed by atoms with Gasteiger partial charge >= 0.3 is 21.1 Å². The minimum atomic E-state index is -0.309. The first kappa shape index (κ1) is 31.4. The fourth-order valence-electron chi connectivity index (χ4n) is 3.99. The van der Waals surface area contributed by atoms with E-state index in [4.69, 9.17) is 0 Å². The van der Waals surface area contributed by atoms with Gasteiger partial charge < -0.3 is 13.8 Å². The van der Waals surface area contributed by atoms with E-state index < -0.39 is 0 Å². The van der Waals surface area contributed by atoms with Crippen molar-refractivity contribution in [3.8, 4) is 0 Å². The molecule has 0 amide bonds. The summed E-state index contributed by atoms with van der Waals surface area (Å²) in [5.41, 5.74) is 0. The Morgan fingerprint density at radius 1 is 0.486 bits per heavy atom. The van der Waals surface area contributed by atoms with E-state index in [0.717, 1.165) is 19.3 Å². The van der Waals surface area contributed by atoms with Crippen LogP contribution in [0.1, 0.15) is 25.7 Å². The van der Waals surface area contributed by atoms with Crippen LogP contribution in [0.2, 0.25) is 0 Å². The molecule has 0 nitrogen and oxygen atoms in total. The van der Waals surface area contributed by atoms with Crippen LogP contribution in [-0.4, -0.2) is 12.3 Å². The standard InChI is InChI=1S/C27H26P2.C7H12.Pt/c1-5-14-24(15-6-1)28(25-16-7-2-8-17-25)22-13-23-29(26-18-9-3-10-19-26)27-20-11-4-12-21-27;1-3-5-7-6-4-2;/h1-12,14-21H,13,22-23H2;5,7H,1-4,6H2;/q;-2;+2/b;7-5-;. The Bertz CT molecular complexity index is 938. The molecule has 0 spiro atoms. The first-order valence-electron chi connectivity index (χ1n) is 12.8. The van der Waals surface area contributed by atoms with Crippen molar-refractivity contribution in [2.45, 2.75) is 25.7 Å². The van der Waals surface area contributed by atoms with Gasteiger partial charge in [0.2, 0.25) is 0 Å². The fourth-order valence-corrected chi connectivity index (χ4v) is 8.94. The van der Waals surface area contributed by atoms with Crippen molar-refractivity contribution in [3.05, 3.63) is 147 Å². The second-order valence-electron chi connectivity index (χ2n) is 8.40. The summed E-state index contributed by atoms with van der Waals surface area (Å²) in [6.45, 7) is 7.34. The van der Waals surface area contributed by atoms with Crippen molar-refractivity contribution in [1.82, 2.24) is 0 Å². The van der Waals surface area contributed by atoms with Gasteiger partial charge in [0.15, 0.2) is 0 Å². The summed E-state index contributed by atoms with van der Waals surface area (Å²) >= 11 is 0. The summed E-state index contributed by atoms with van der Waals surface area (Å²) in [6, 6.07) is 44.3. The zero-order valence-corrected chi connectivity index (χ0v) is 25.6. The van der Waals surface area contributed by atoms with Crippen molar-refractivity contribution in [2.24, 2.45) is 0 Å². The Kier molecular flexibility index (Phi) is 16.3. The average Bonchev–Trinajstić information content (AvgIpc) is 2.96. The third kappa shape index (κ3) is 11.2. The van der Waals surface area contributed by atoms with E-state index in [1.54, 1.807) is 0 Å². The predicted octanol–water partition coefficient (Wildman–Crippen LogP) is 8.02. The quantitative estimate of drug-likeness (QED) is 0.0844. The SMILES string of the molecule is [CH2-]C/C=C\CC[CH2-].[Pt+2].c1ccc(P(CCCP(c2ccccc2)c2ccccc2)c2ccccc2)cc1. The minimum absolute atomic E-state index is 0. The average molecular weight is 704 g/mol. The molecule has 0 aliphatic rings. The van der Waals surface area contributed by atoms with Gasteiger partial charge in [0.05, 0.1) is 0 Å². The zero-order chi connectivity index (χ0) is 25.3. The minimum Gasteiger partial charge on any atom is -0.343 e. The van der Waals surface area contributed by atoms with E-state index in [0.29, 0.717) is 0 Å². The molecule has 0 heterocycles. The van der Waals surface area contributed by atoms with Crippen LogP contribution in [0.4, 0.5) is 0 Å². The Hall–Kier alpha value is -1.83. The van der Waals surface area contributed by atoms with E-state index in [2.05, 4.69) is 147 Å². The second-order valence-corrected chi connectivity index (χ2v) is 13.1. The van der Waals surface area contributed by atoms with Crippen molar-refractivity contribution in [1.29, 1.82) is 0 Å². The molecule has 4 aromatic rings. The van der Waals surface area contributed by atoms with Crippen LogP contribution in [-0.2, 0) is 21.1 Å². The molecule has 0 atom stereocenters. The van der Waals surface area contributed by atoms with Crippen LogP contribution in [0.15, 0.2) is 133 Å². The number of hydrogen-bond donors (Lipinski definition) is 0. The summed E-state index contributed by atoms with van der Waals surface area (Å²) in [7, 11) is -0.618. The first-order chi connectivity index (χ1) is 17.8. The van der Waals surface area contributed by atoms with Gasteiger partial charge in [-0.05, 0) is 55.8 Å². The zero-order valence-electron chi connectivity index (χ0n) is 21.6. The summed E-state index contributed by atoms with van der Waals surface area (Å²) < 4.78 is 0. The van der Waals surface area contributed by atoms with Crippen molar-refractivity contribution < 1.29 is 21.1 Å². The summed E-state index contributed by atoms with van der Waals surface area (Å²) in [5.74, 6) is 0. The molecule has 0 saturated carbocycles. The monoisotopic (exact) mass is 703 g/mol. The summed E-state index contributed by atoms with van der Waals surface area (Å²) in [5, 5.41) is 5.94. The van der Waals surface area contributed by atoms with E-state index in [1.807, 2.05) is 0 Å². The molecule has 37 heavy (non-hydrogen) atoms. The fraction of sp³-hybridized carbons (Fsp3) is 0.176. The topological polar surface area (TPSA) is 0 Å². The molecule has 4 rings (SSSR count). The molecule has 0 fully saturated rings. The molecule has 0 bridgehead atoms. The Morgan fingerprint density at radius 3 is 1.08 bits per heavy atom. The maximum Gasteiger partial charge on any atom is 2.00 e. The third-order valence-electron chi connectivity index (χ3n) is 5.74. The maximum absolute atomic E-state index is 3.69. The van der Waals surface area contributed by atoms with Gasteiger partial charge in [-0.1, -0.05) is 134 Å². The molecule has 0 aromatic heterocycles. The molecule has 0 saturated heterocycles. The largest absolute Gasteiger partial charge is 2.00 e. The van der Waals surface area contributed by atoms with Gasteiger partial charge in [0.25, 0.3) is 0 Å². The third-order valence-corrected chi connectivity index (χ3v) is 11.0. The smallest absolute Gasteiger partial charge is 0.343 e. The molecular formula is C34H38P2Pt. The van der Waals surface area contributed by atoms with Crippen molar-refractivity contribution >= 4 is 37.1 Å². The number of unbranched alkanes of at least 4 members (excludes halogenated alkanes) is 1. The Labute approximate surface area is 242 Å². The predicted molar refractivity (Wildman–Crippen MR) is 166 cm³/mol. The van der Waals surface area contributed by atoms with Crippen LogP contribution >= 0.6 is 15.8 Å². The van der Waals surface area contributed by atoms with E-state index in [1.165, 1.54) is 40.0 Å². The molecule has 3 heteroatoms. The van der Waals surface area contributed by atoms with Gasteiger partial charge in [0.1, 0.15) is 0 Å². The summed E-state index contributed by atoms with van der Waals surface area (Å²) in [6.07, 6.45) is 10.9. The molecule has 0 aliphatic carbocycles. The van der Waals surface area contributed by atoms with E-state index in [-0.39, 0.29) is 36.9 Å². The normalized spacial score (nSPS) is 10.7. The molecule has 0 aliphatic heterocycles. The summed E-state index contributed by atoms with van der Waals surface area (Å²) in [4.78, 5) is 0. The van der Waals surface area contributed by atoms with Gasteiger partial charge in [0, 0.05) is 0 Å². The van der Waals surface area contributed by atoms with E-state index in [9.17, 15) is 0 Å². The van der Waals surface area contributed by atoms with Crippen LogP contribution in [0.25, 0.3) is 0 Å². The Balaban J connectivity index is 0.000000532. The Morgan fingerprint density at radius 2 is 0.811 bits per heavy atom. The van der Waals surface area contributed by atoms with Crippen LogP contribution in [0.3, 0.4) is 0 Å². The van der Waals surface area contributed by atoms with Crippen LogP contribution in [0, 0.1) is 13.8 Å². The molecule has 4 aromatic carbocycles. The molecule has 0 N–H and O–H groups in total. The van der Waals surface area contributed by atoms with Gasteiger partial charge in [-0.25, -0.2) is 0 Å². The molecule has 194 valence electrons. The van der Waals surface area contributed by atoms with Gasteiger partial charge in [-0.15, -0.1) is 6.08 Å².